The fraction of sp³-hybridized carbons (Fsp3) is 0.533. The van der Waals surface area contributed by atoms with E-state index in [0.717, 1.165) is 31.7 Å². The molecule has 1 atom stereocenters. The van der Waals surface area contributed by atoms with Crippen LogP contribution in [0.5, 0.6) is 0 Å². The van der Waals surface area contributed by atoms with E-state index in [9.17, 15) is 9.59 Å². The van der Waals surface area contributed by atoms with Crippen LogP contribution in [0.3, 0.4) is 0 Å². The second kappa shape index (κ2) is 7.45. The van der Waals surface area contributed by atoms with Gasteiger partial charge in [0.05, 0.1) is 10.9 Å². The third-order valence-electron chi connectivity index (χ3n) is 3.91. The number of carboxylic acids is 1. The molecule has 2 heterocycles. The van der Waals surface area contributed by atoms with E-state index in [2.05, 4.69) is 15.2 Å². The van der Waals surface area contributed by atoms with Gasteiger partial charge in [-0.3, -0.25) is 9.59 Å². The molecule has 7 heteroatoms. The first-order valence-electron chi connectivity index (χ1n) is 7.34. The van der Waals surface area contributed by atoms with E-state index < -0.39 is 11.9 Å². The number of carboxylic acid groups (broad SMARTS) is 1. The molecule has 0 aromatic carbocycles. The van der Waals surface area contributed by atoms with Crippen molar-refractivity contribution in [1.29, 1.82) is 0 Å². The highest BCUT2D eigenvalue weighted by atomic mass is 35.5. The summed E-state index contributed by atoms with van der Waals surface area (Å²) in [6.07, 6.45) is 3.08. The van der Waals surface area contributed by atoms with Gasteiger partial charge in [0, 0.05) is 31.7 Å². The molecule has 0 bridgehead atoms. The molecule has 0 unspecified atom stereocenters. The SMILES string of the molecule is C[C@H](CNC(=O)C1CCN(c2ccc(Cl)cn2)CC1)C(=O)O. The largest absolute Gasteiger partial charge is 0.481 e. The molecule has 1 amide bonds. The van der Waals surface area contributed by atoms with E-state index in [1.165, 1.54) is 0 Å². The molecule has 1 aromatic rings. The molecule has 0 aliphatic carbocycles. The molecule has 1 aromatic heterocycles. The van der Waals surface area contributed by atoms with Gasteiger partial charge in [-0.05, 0) is 25.0 Å². The van der Waals surface area contributed by atoms with Gasteiger partial charge in [-0.2, -0.15) is 0 Å². The zero-order valence-corrected chi connectivity index (χ0v) is 13.2. The number of pyridine rings is 1. The topological polar surface area (TPSA) is 82.5 Å². The molecule has 2 N–H and O–H groups in total. The number of hydrogen-bond acceptors (Lipinski definition) is 4. The Labute approximate surface area is 134 Å². The molecule has 0 radical (unpaired) electrons. The molecule has 2 rings (SSSR count). The Morgan fingerprint density at radius 3 is 2.68 bits per heavy atom. The zero-order valence-electron chi connectivity index (χ0n) is 12.5. The molecular weight excluding hydrogens is 306 g/mol. The van der Waals surface area contributed by atoms with Crippen LogP contribution in [-0.4, -0.2) is 41.6 Å². The Hall–Kier alpha value is -1.82. The fourth-order valence-electron chi connectivity index (χ4n) is 2.41. The van der Waals surface area contributed by atoms with Crippen molar-refractivity contribution < 1.29 is 14.7 Å². The second-order valence-electron chi connectivity index (χ2n) is 5.58. The van der Waals surface area contributed by atoms with Crippen molar-refractivity contribution >= 4 is 29.3 Å². The van der Waals surface area contributed by atoms with Crippen LogP contribution < -0.4 is 10.2 Å². The van der Waals surface area contributed by atoms with Crippen molar-refractivity contribution in [3.63, 3.8) is 0 Å². The number of carbonyl (C=O) groups excluding carboxylic acids is 1. The first-order chi connectivity index (χ1) is 10.5. The summed E-state index contributed by atoms with van der Waals surface area (Å²) in [7, 11) is 0. The third-order valence-corrected chi connectivity index (χ3v) is 4.13. The number of aliphatic carboxylic acids is 1. The van der Waals surface area contributed by atoms with Gasteiger partial charge in [0.2, 0.25) is 5.91 Å². The maximum absolute atomic E-state index is 12.1. The van der Waals surface area contributed by atoms with Crippen molar-refractivity contribution in [3.05, 3.63) is 23.4 Å². The monoisotopic (exact) mass is 325 g/mol. The Kier molecular flexibility index (Phi) is 5.60. The molecule has 1 saturated heterocycles. The molecule has 120 valence electrons. The number of nitrogens with one attached hydrogen (secondary N) is 1. The van der Waals surface area contributed by atoms with Gasteiger partial charge in [0.15, 0.2) is 0 Å². The first kappa shape index (κ1) is 16.5. The number of nitrogens with zero attached hydrogens (tertiary/aromatic N) is 2. The molecule has 22 heavy (non-hydrogen) atoms. The van der Waals surface area contributed by atoms with Crippen molar-refractivity contribution in [3.8, 4) is 0 Å². The predicted octanol–water partition coefficient (Wildman–Crippen LogP) is 1.79. The van der Waals surface area contributed by atoms with Crippen LogP contribution >= 0.6 is 11.6 Å². The number of piperidine rings is 1. The number of rotatable bonds is 5. The van der Waals surface area contributed by atoms with Crippen LogP contribution in [0.4, 0.5) is 5.82 Å². The Balaban J connectivity index is 1.80. The van der Waals surface area contributed by atoms with E-state index in [4.69, 9.17) is 16.7 Å². The van der Waals surface area contributed by atoms with Crippen molar-refractivity contribution in [2.75, 3.05) is 24.5 Å². The number of amides is 1. The van der Waals surface area contributed by atoms with Crippen LogP contribution in [0, 0.1) is 11.8 Å². The van der Waals surface area contributed by atoms with Crippen LogP contribution in [0.2, 0.25) is 5.02 Å². The van der Waals surface area contributed by atoms with Gasteiger partial charge < -0.3 is 15.3 Å². The minimum absolute atomic E-state index is 0.0585. The molecule has 1 aliphatic heterocycles. The van der Waals surface area contributed by atoms with Gasteiger partial charge in [0.25, 0.3) is 0 Å². The van der Waals surface area contributed by atoms with Gasteiger partial charge in [-0.1, -0.05) is 18.5 Å². The van der Waals surface area contributed by atoms with Gasteiger partial charge in [0.1, 0.15) is 5.82 Å². The van der Waals surface area contributed by atoms with Crippen molar-refractivity contribution in [2.45, 2.75) is 19.8 Å². The first-order valence-corrected chi connectivity index (χ1v) is 7.72. The third kappa shape index (κ3) is 4.34. The summed E-state index contributed by atoms with van der Waals surface area (Å²) < 4.78 is 0. The number of halogens is 1. The average Bonchev–Trinajstić information content (AvgIpc) is 2.53. The smallest absolute Gasteiger partial charge is 0.308 e. The number of aromatic nitrogens is 1. The van der Waals surface area contributed by atoms with E-state index >= 15 is 0 Å². The Morgan fingerprint density at radius 2 is 2.14 bits per heavy atom. The lowest BCUT2D eigenvalue weighted by molar-refractivity contribution is -0.141. The van der Waals surface area contributed by atoms with E-state index in [1.807, 2.05) is 6.07 Å². The summed E-state index contributed by atoms with van der Waals surface area (Å²) in [6.45, 7) is 3.26. The lowest BCUT2D eigenvalue weighted by Crippen LogP contribution is -2.42. The minimum Gasteiger partial charge on any atom is -0.481 e. The standard InChI is InChI=1S/C15H20ClN3O3/c1-10(15(21)22)8-18-14(20)11-4-6-19(7-5-11)13-3-2-12(16)9-17-13/h2-3,9-11H,4-8H2,1H3,(H,18,20)(H,21,22)/t10-/m1/s1. The summed E-state index contributed by atoms with van der Waals surface area (Å²) in [5.74, 6) is -0.727. The highest BCUT2D eigenvalue weighted by Crippen LogP contribution is 2.22. The number of anilines is 1. The van der Waals surface area contributed by atoms with E-state index in [0.29, 0.717) is 5.02 Å². The van der Waals surface area contributed by atoms with Crippen LogP contribution in [0.1, 0.15) is 19.8 Å². The van der Waals surface area contributed by atoms with Crippen LogP contribution in [0.15, 0.2) is 18.3 Å². The van der Waals surface area contributed by atoms with E-state index in [1.54, 1.807) is 19.2 Å². The predicted molar refractivity (Wildman–Crippen MR) is 84.0 cm³/mol. The summed E-state index contributed by atoms with van der Waals surface area (Å²) in [6, 6.07) is 3.67. The normalized spacial score (nSPS) is 17.1. The second-order valence-corrected chi connectivity index (χ2v) is 6.02. The summed E-state index contributed by atoms with van der Waals surface area (Å²) in [5, 5.41) is 12.1. The van der Waals surface area contributed by atoms with Gasteiger partial charge in [-0.15, -0.1) is 0 Å². The summed E-state index contributed by atoms with van der Waals surface area (Å²) in [5.41, 5.74) is 0. The molecule has 0 saturated carbocycles. The van der Waals surface area contributed by atoms with Gasteiger partial charge in [-0.25, -0.2) is 4.98 Å². The highest BCUT2D eigenvalue weighted by Gasteiger charge is 2.26. The molecule has 1 fully saturated rings. The summed E-state index contributed by atoms with van der Waals surface area (Å²) >= 11 is 5.82. The number of carbonyl (C=O) groups is 2. The lowest BCUT2D eigenvalue weighted by atomic mass is 9.95. The van der Waals surface area contributed by atoms with Crippen LogP contribution in [0.25, 0.3) is 0 Å². The van der Waals surface area contributed by atoms with Crippen molar-refractivity contribution in [2.24, 2.45) is 11.8 Å². The van der Waals surface area contributed by atoms with Crippen LogP contribution in [-0.2, 0) is 9.59 Å². The Morgan fingerprint density at radius 1 is 1.45 bits per heavy atom. The number of hydrogen-bond donors (Lipinski definition) is 2. The van der Waals surface area contributed by atoms with Crippen molar-refractivity contribution in [1.82, 2.24) is 10.3 Å². The maximum atomic E-state index is 12.1. The molecular formula is C15H20ClN3O3. The van der Waals surface area contributed by atoms with E-state index in [-0.39, 0.29) is 18.4 Å². The zero-order chi connectivity index (χ0) is 16.1. The summed E-state index contributed by atoms with van der Waals surface area (Å²) in [4.78, 5) is 29.2. The fourth-order valence-corrected chi connectivity index (χ4v) is 2.52. The minimum atomic E-state index is -0.899. The quantitative estimate of drug-likeness (QED) is 0.862. The highest BCUT2D eigenvalue weighted by molar-refractivity contribution is 6.30. The average molecular weight is 326 g/mol. The molecule has 1 aliphatic rings. The lowest BCUT2D eigenvalue weighted by Gasteiger charge is -2.32. The maximum Gasteiger partial charge on any atom is 0.308 e. The molecule has 0 spiro atoms. The molecule has 6 nitrogen and oxygen atoms in total. The Bertz CT molecular complexity index is 527. The van der Waals surface area contributed by atoms with Gasteiger partial charge >= 0.3 is 5.97 Å².